The Morgan fingerprint density at radius 1 is 1.07 bits per heavy atom. The van der Waals surface area contributed by atoms with E-state index in [1.807, 2.05) is 45.0 Å². The maximum atomic E-state index is 12.9. The Morgan fingerprint density at radius 2 is 1.72 bits per heavy atom. The molecule has 5 heteroatoms. The van der Waals surface area contributed by atoms with Crippen LogP contribution in [0.5, 0.6) is 0 Å². The topological polar surface area (TPSA) is 52.6 Å². The van der Waals surface area contributed by atoms with Crippen molar-refractivity contribution in [1.29, 1.82) is 0 Å². The molecule has 1 atom stereocenters. The van der Waals surface area contributed by atoms with Gasteiger partial charge >= 0.3 is 0 Å². The summed E-state index contributed by atoms with van der Waals surface area (Å²) < 4.78 is 0. The van der Waals surface area contributed by atoms with Crippen LogP contribution in [0.15, 0.2) is 36.4 Å². The fourth-order valence-corrected chi connectivity index (χ4v) is 4.08. The van der Waals surface area contributed by atoms with E-state index in [0.29, 0.717) is 6.54 Å². The van der Waals surface area contributed by atoms with Crippen LogP contribution in [-0.4, -0.2) is 31.4 Å². The van der Waals surface area contributed by atoms with Crippen LogP contribution in [0.3, 0.4) is 0 Å². The van der Waals surface area contributed by atoms with E-state index in [9.17, 15) is 9.59 Å². The summed E-state index contributed by atoms with van der Waals surface area (Å²) in [5.74, 6) is -0.427. The molecule has 1 aliphatic rings. The second kappa shape index (κ2) is 8.68. The Balaban J connectivity index is 1.76. The summed E-state index contributed by atoms with van der Waals surface area (Å²) in [6.45, 7) is 12.6. The minimum Gasteiger partial charge on any atom is -0.372 e. The van der Waals surface area contributed by atoms with Crippen LogP contribution in [0.2, 0.25) is 0 Å². The molecule has 0 aromatic heterocycles. The standard InChI is InChI=1S/C24H31N3O2/c1-6-26(7-2)20-11-12-21(18(5)13-20)27-15-19(14-22(27)28)24(29)25-23-16(3)9-8-10-17(23)4/h8-13,19H,6-7,14-15H2,1-5H3,(H,25,29). The molecule has 1 heterocycles. The highest BCUT2D eigenvalue weighted by Gasteiger charge is 2.36. The van der Waals surface area contributed by atoms with Gasteiger partial charge < -0.3 is 15.1 Å². The number of amides is 2. The van der Waals surface area contributed by atoms with Crippen LogP contribution in [0.25, 0.3) is 0 Å². The number of hydrogen-bond donors (Lipinski definition) is 1. The molecule has 0 radical (unpaired) electrons. The van der Waals surface area contributed by atoms with Gasteiger partial charge in [0.05, 0.1) is 5.92 Å². The van der Waals surface area contributed by atoms with Gasteiger partial charge in [-0.2, -0.15) is 0 Å². The molecule has 1 fully saturated rings. The van der Waals surface area contributed by atoms with E-state index >= 15 is 0 Å². The Bertz CT molecular complexity index is 898. The molecular weight excluding hydrogens is 362 g/mol. The van der Waals surface area contributed by atoms with E-state index in [0.717, 1.165) is 46.8 Å². The van der Waals surface area contributed by atoms with Crippen LogP contribution < -0.4 is 15.1 Å². The van der Waals surface area contributed by atoms with Crippen molar-refractivity contribution in [2.45, 2.75) is 41.0 Å². The number of anilines is 3. The van der Waals surface area contributed by atoms with E-state index in [1.165, 1.54) is 0 Å². The van der Waals surface area contributed by atoms with E-state index in [4.69, 9.17) is 0 Å². The van der Waals surface area contributed by atoms with Gasteiger partial charge in [-0.1, -0.05) is 18.2 Å². The van der Waals surface area contributed by atoms with Gasteiger partial charge in [0.15, 0.2) is 0 Å². The summed E-state index contributed by atoms with van der Waals surface area (Å²) in [7, 11) is 0. The van der Waals surface area contributed by atoms with Crippen molar-refractivity contribution in [3.63, 3.8) is 0 Å². The number of hydrogen-bond acceptors (Lipinski definition) is 3. The lowest BCUT2D eigenvalue weighted by atomic mass is 10.1. The molecule has 2 amide bonds. The van der Waals surface area contributed by atoms with Gasteiger partial charge in [-0.3, -0.25) is 9.59 Å². The Morgan fingerprint density at radius 3 is 2.31 bits per heavy atom. The maximum absolute atomic E-state index is 12.9. The van der Waals surface area contributed by atoms with Crippen LogP contribution in [0.4, 0.5) is 17.1 Å². The SMILES string of the molecule is CCN(CC)c1ccc(N2CC(C(=O)Nc3c(C)cccc3C)CC2=O)c(C)c1. The van der Waals surface area contributed by atoms with E-state index in [-0.39, 0.29) is 24.2 Å². The molecule has 5 nitrogen and oxygen atoms in total. The Hall–Kier alpha value is -2.82. The first-order valence-electron chi connectivity index (χ1n) is 10.4. The largest absolute Gasteiger partial charge is 0.372 e. The van der Waals surface area contributed by atoms with Gasteiger partial charge in [0.2, 0.25) is 11.8 Å². The van der Waals surface area contributed by atoms with Crippen LogP contribution in [-0.2, 0) is 9.59 Å². The number of aryl methyl sites for hydroxylation is 3. The average molecular weight is 394 g/mol. The molecule has 2 aromatic carbocycles. The number of para-hydroxylation sites is 1. The lowest BCUT2D eigenvalue weighted by molar-refractivity contribution is -0.122. The summed E-state index contributed by atoms with van der Waals surface area (Å²) >= 11 is 0. The molecule has 1 N–H and O–H groups in total. The van der Waals surface area contributed by atoms with Gasteiger partial charge in [0.1, 0.15) is 0 Å². The summed E-state index contributed by atoms with van der Waals surface area (Å²) in [5.41, 5.74) is 6.02. The van der Waals surface area contributed by atoms with E-state index in [2.05, 4.69) is 36.2 Å². The number of carbonyl (C=O) groups is 2. The summed E-state index contributed by atoms with van der Waals surface area (Å²) in [6.07, 6.45) is 0.244. The summed E-state index contributed by atoms with van der Waals surface area (Å²) in [5, 5.41) is 3.04. The molecule has 2 aromatic rings. The molecule has 1 aliphatic heterocycles. The monoisotopic (exact) mass is 393 g/mol. The van der Waals surface area contributed by atoms with Gasteiger partial charge in [-0.15, -0.1) is 0 Å². The molecule has 0 saturated carbocycles. The van der Waals surface area contributed by atoms with E-state index in [1.54, 1.807) is 4.90 Å². The molecule has 1 unspecified atom stereocenters. The van der Waals surface area contributed by atoms with Gasteiger partial charge in [-0.05, 0) is 69.5 Å². The second-order valence-corrected chi connectivity index (χ2v) is 7.80. The fraction of sp³-hybridized carbons (Fsp3) is 0.417. The van der Waals surface area contributed by atoms with Crippen molar-refractivity contribution in [1.82, 2.24) is 0 Å². The van der Waals surface area contributed by atoms with E-state index < -0.39 is 0 Å². The van der Waals surface area contributed by atoms with Crippen LogP contribution >= 0.6 is 0 Å². The van der Waals surface area contributed by atoms with Crippen molar-refractivity contribution < 1.29 is 9.59 Å². The summed E-state index contributed by atoms with van der Waals surface area (Å²) in [6, 6.07) is 12.1. The Labute approximate surface area is 173 Å². The lowest BCUT2D eigenvalue weighted by Gasteiger charge is -2.24. The quantitative estimate of drug-likeness (QED) is 0.789. The third kappa shape index (κ3) is 4.29. The van der Waals surface area contributed by atoms with Crippen molar-refractivity contribution in [3.05, 3.63) is 53.1 Å². The molecule has 29 heavy (non-hydrogen) atoms. The average Bonchev–Trinajstić information content (AvgIpc) is 3.07. The highest BCUT2D eigenvalue weighted by atomic mass is 16.2. The molecule has 0 aliphatic carbocycles. The predicted octanol–water partition coefficient (Wildman–Crippen LogP) is 4.45. The third-order valence-electron chi connectivity index (χ3n) is 5.82. The maximum Gasteiger partial charge on any atom is 0.229 e. The third-order valence-corrected chi connectivity index (χ3v) is 5.82. The highest BCUT2D eigenvalue weighted by molar-refractivity contribution is 6.04. The minimum absolute atomic E-state index is 0.00495. The molecule has 1 saturated heterocycles. The molecule has 0 bridgehead atoms. The van der Waals surface area contributed by atoms with Crippen molar-refractivity contribution in [3.8, 4) is 0 Å². The minimum atomic E-state index is -0.344. The first kappa shape index (κ1) is 20.9. The van der Waals surface area contributed by atoms with Crippen LogP contribution in [0.1, 0.15) is 37.0 Å². The first-order valence-corrected chi connectivity index (χ1v) is 10.4. The van der Waals surface area contributed by atoms with Gasteiger partial charge in [-0.25, -0.2) is 0 Å². The smallest absolute Gasteiger partial charge is 0.229 e. The van der Waals surface area contributed by atoms with Crippen LogP contribution in [0, 0.1) is 26.7 Å². The number of carbonyl (C=O) groups excluding carboxylic acids is 2. The second-order valence-electron chi connectivity index (χ2n) is 7.80. The normalized spacial score (nSPS) is 16.2. The summed E-state index contributed by atoms with van der Waals surface area (Å²) in [4.78, 5) is 29.6. The molecule has 3 rings (SSSR count). The van der Waals surface area contributed by atoms with Crippen molar-refractivity contribution >= 4 is 28.9 Å². The van der Waals surface area contributed by atoms with Crippen molar-refractivity contribution in [2.24, 2.45) is 5.92 Å². The predicted molar refractivity (Wildman–Crippen MR) is 120 cm³/mol. The zero-order chi connectivity index (χ0) is 21.1. The number of rotatable bonds is 6. The zero-order valence-electron chi connectivity index (χ0n) is 18.1. The number of benzene rings is 2. The first-order chi connectivity index (χ1) is 13.8. The molecule has 0 spiro atoms. The number of nitrogens with zero attached hydrogens (tertiary/aromatic N) is 2. The zero-order valence-corrected chi connectivity index (χ0v) is 18.1. The van der Waals surface area contributed by atoms with Crippen molar-refractivity contribution in [2.75, 3.05) is 34.8 Å². The van der Waals surface area contributed by atoms with Gasteiger partial charge in [0, 0.05) is 43.1 Å². The Kier molecular flexibility index (Phi) is 6.26. The number of nitrogens with one attached hydrogen (secondary N) is 1. The van der Waals surface area contributed by atoms with Gasteiger partial charge in [0.25, 0.3) is 0 Å². The lowest BCUT2D eigenvalue weighted by Crippen LogP contribution is -2.29. The fourth-order valence-electron chi connectivity index (χ4n) is 4.08. The highest BCUT2D eigenvalue weighted by Crippen LogP contribution is 2.31. The molecular formula is C24H31N3O2. The molecule has 154 valence electrons.